The first-order chi connectivity index (χ1) is 5.79. The van der Waals surface area contributed by atoms with Crippen LogP contribution in [0.15, 0.2) is 17.0 Å². The number of benzene rings is 1. The van der Waals surface area contributed by atoms with Crippen molar-refractivity contribution in [3.8, 4) is 11.5 Å². The van der Waals surface area contributed by atoms with E-state index >= 15 is 0 Å². The van der Waals surface area contributed by atoms with E-state index in [2.05, 4.69) is 12.6 Å². The Hall–Kier alpha value is -0.830. The molecule has 1 aliphatic heterocycles. The summed E-state index contributed by atoms with van der Waals surface area (Å²) in [4.78, 5) is 0.843. The fraction of sp³-hybridized carbons (Fsp3) is 0.333. The highest BCUT2D eigenvalue weighted by atomic mass is 32.1. The number of hydrogen-bond donors (Lipinski definition) is 1. The van der Waals surface area contributed by atoms with Gasteiger partial charge in [-0.05, 0) is 18.6 Å². The van der Waals surface area contributed by atoms with Gasteiger partial charge >= 0.3 is 0 Å². The lowest BCUT2D eigenvalue weighted by atomic mass is 10.2. The first kappa shape index (κ1) is 7.80. The summed E-state index contributed by atoms with van der Waals surface area (Å²) in [6, 6.07) is 3.90. The lowest BCUT2D eigenvalue weighted by Gasteiger charge is -2.21. The minimum Gasteiger partial charge on any atom is -0.486 e. The Morgan fingerprint density at radius 1 is 1.17 bits per heavy atom. The van der Waals surface area contributed by atoms with E-state index in [-0.39, 0.29) is 0 Å². The highest BCUT2D eigenvalue weighted by molar-refractivity contribution is 7.80. The molecule has 2 nitrogen and oxygen atoms in total. The predicted molar refractivity (Wildman–Crippen MR) is 49.4 cm³/mol. The lowest BCUT2D eigenvalue weighted by molar-refractivity contribution is 0.166. The molecule has 0 bridgehead atoms. The van der Waals surface area contributed by atoms with Crippen LogP contribution < -0.4 is 9.47 Å². The van der Waals surface area contributed by atoms with E-state index in [1.54, 1.807) is 0 Å². The summed E-state index contributed by atoms with van der Waals surface area (Å²) in [6.07, 6.45) is 0. The van der Waals surface area contributed by atoms with Crippen molar-refractivity contribution in [1.29, 1.82) is 0 Å². The fourth-order valence-electron chi connectivity index (χ4n) is 1.26. The van der Waals surface area contributed by atoms with Crippen LogP contribution in [0.4, 0.5) is 0 Å². The van der Waals surface area contributed by atoms with E-state index < -0.39 is 0 Å². The minimum absolute atomic E-state index is 0.615. The SMILES string of the molecule is Cc1ccc(S)c2c1OCCO2. The molecule has 1 aromatic rings. The Labute approximate surface area is 76.9 Å². The maximum absolute atomic E-state index is 5.46. The van der Waals surface area contributed by atoms with Crippen molar-refractivity contribution in [3.63, 3.8) is 0 Å². The van der Waals surface area contributed by atoms with Gasteiger partial charge in [0.2, 0.25) is 0 Å². The zero-order chi connectivity index (χ0) is 8.55. The number of fused-ring (bicyclic) bond motifs is 1. The van der Waals surface area contributed by atoms with Gasteiger partial charge in [-0.15, -0.1) is 12.6 Å². The van der Waals surface area contributed by atoms with Gasteiger partial charge in [-0.2, -0.15) is 0 Å². The molecule has 0 spiro atoms. The number of thiol groups is 1. The number of hydrogen-bond acceptors (Lipinski definition) is 3. The van der Waals surface area contributed by atoms with Gasteiger partial charge in [0.15, 0.2) is 11.5 Å². The number of aryl methyl sites for hydroxylation is 1. The summed E-state index contributed by atoms with van der Waals surface area (Å²) in [6.45, 7) is 3.25. The summed E-state index contributed by atoms with van der Waals surface area (Å²) in [5, 5.41) is 0. The normalized spacial score (nSPS) is 14.5. The average molecular weight is 182 g/mol. The van der Waals surface area contributed by atoms with Gasteiger partial charge in [0.1, 0.15) is 13.2 Å². The number of ether oxygens (including phenoxy) is 2. The first-order valence-corrected chi connectivity index (χ1v) is 4.32. The molecular weight excluding hydrogens is 172 g/mol. The van der Waals surface area contributed by atoms with Crippen LogP contribution in [-0.2, 0) is 0 Å². The zero-order valence-electron chi connectivity index (χ0n) is 6.83. The van der Waals surface area contributed by atoms with E-state index in [4.69, 9.17) is 9.47 Å². The maximum Gasteiger partial charge on any atom is 0.174 e. The Balaban J connectivity index is 2.57. The highest BCUT2D eigenvalue weighted by Crippen LogP contribution is 2.38. The van der Waals surface area contributed by atoms with E-state index in [0.717, 1.165) is 22.0 Å². The Morgan fingerprint density at radius 3 is 2.50 bits per heavy atom. The Kier molecular flexibility index (Phi) is 1.89. The first-order valence-electron chi connectivity index (χ1n) is 3.87. The lowest BCUT2D eigenvalue weighted by Crippen LogP contribution is -2.16. The molecule has 3 heteroatoms. The zero-order valence-corrected chi connectivity index (χ0v) is 7.73. The molecule has 0 unspecified atom stereocenters. The van der Waals surface area contributed by atoms with Gasteiger partial charge in [0.05, 0.1) is 4.90 Å². The van der Waals surface area contributed by atoms with Crippen molar-refractivity contribution in [3.05, 3.63) is 17.7 Å². The van der Waals surface area contributed by atoms with E-state index in [0.29, 0.717) is 13.2 Å². The molecule has 1 heterocycles. The summed E-state index contributed by atoms with van der Waals surface area (Å²) in [5.74, 6) is 1.62. The summed E-state index contributed by atoms with van der Waals surface area (Å²) in [7, 11) is 0. The Morgan fingerprint density at radius 2 is 1.83 bits per heavy atom. The van der Waals surface area contributed by atoms with Crippen molar-refractivity contribution >= 4 is 12.6 Å². The summed E-state index contributed by atoms with van der Waals surface area (Å²) in [5.41, 5.74) is 1.10. The van der Waals surface area contributed by atoms with E-state index in [1.807, 2.05) is 19.1 Å². The van der Waals surface area contributed by atoms with Crippen LogP contribution in [0.5, 0.6) is 11.5 Å². The second kappa shape index (κ2) is 2.90. The van der Waals surface area contributed by atoms with Crippen LogP contribution in [0.2, 0.25) is 0 Å². The fourth-order valence-corrected chi connectivity index (χ4v) is 1.50. The van der Waals surface area contributed by atoms with Gasteiger partial charge in [0, 0.05) is 0 Å². The second-order valence-corrected chi connectivity index (χ2v) is 3.24. The van der Waals surface area contributed by atoms with Crippen molar-refractivity contribution in [2.45, 2.75) is 11.8 Å². The third kappa shape index (κ3) is 1.14. The van der Waals surface area contributed by atoms with Gasteiger partial charge in [-0.3, -0.25) is 0 Å². The van der Waals surface area contributed by atoms with Crippen LogP contribution in [-0.4, -0.2) is 13.2 Å². The molecule has 12 heavy (non-hydrogen) atoms. The molecule has 1 aromatic carbocycles. The molecule has 0 fully saturated rings. The molecule has 2 rings (SSSR count). The standard InChI is InChI=1S/C9H10O2S/c1-6-2-3-7(12)9-8(6)10-4-5-11-9/h2-3,12H,4-5H2,1H3. The average Bonchev–Trinajstić information content (AvgIpc) is 2.12. The van der Waals surface area contributed by atoms with E-state index in [9.17, 15) is 0 Å². The molecule has 0 aliphatic carbocycles. The van der Waals surface area contributed by atoms with Crippen LogP contribution in [0.3, 0.4) is 0 Å². The van der Waals surface area contributed by atoms with Crippen molar-refractivity contribution < 1.29 is 9.47 Å². The summed E-state index contributed by atoms with van der Waals surface area (Å²) < 4.78 is 10.9. The van der Waals surface area contributed by atoms with Gasteiger partial charge in [-0.25, -0.2) is 0 Å². The van der Waals surface area contributed by atoms with Crippen LogP contribution in [0.25, 0.3) is 0 Å². The topological polar surface area (TPSA) is 18.5 Å². The molecule has 64 valence electrons. The molecule has 0 radical (unpaired) electrons. The van der Waals surface area contributed by atoms with Crippen LogP contribution in [0.1, 0.15) is 5.56 Å². The summed E-state index contributed by atoms with van der Waals surface area (Å²) >= 11 is 4.28. The molecule has 0 atom stereocenters. The molecule has 0 saturated carbocycles. The van der Waals surface area contributed by atoms with Gasteiger partial charge < -0.3 is 9.47 Å². The molecule has 0 N–H and O–H groups in total. The molecule has 0 saturated heterocycles. The highest BCUT2D eigenvalue weighted by Gasteiger charge is 2.15. The number of rotatable bonds is 0. The Bertz CT molecular complexity index is 279. The smallest absolute Gasteiger partial charge is 0.174 e. The molecular formula is C9H10O2S. The monoisotopic (exact) mass is 182 g/mol. The maximum atomic E-state index is 5.46. The van der Waals surface area contributed by atoms with Crippen molar-refractivity contribution in [1.82, 2.24) is 0 Å². The second-order valence-electron chi connectivity index (χ2n) is 2.76. The van der Waals surface area contributed by atoms with Crippen LogP contribution >= 0.6 is 12.6 Å². The largest absolute Gasteiger partial charge is 0.486 e. The van der Waals surface area contributed by atoms with Gasteiger partial charge in [0.25, 0.3) is 0 Å². The third-order valence-electron chi connectivity index (χ3n) is 1.86. The molecule has 1 aliphatic rings. The predicted octanol–water partition coefficient (Wildman–Crippen LogP) is 2.05. The van der Waals surface area contributed by atoms with E-state index in [1.165, 1.54) is 0 Å². The minimum atomic E-state index is 0.615. The van der Waals surface area contributed by atoms with Crippen LogP contribution in [0, 0.1) is 6.92 Å². The quantitative estimate of drug-likeness (QED) is 0.619. The molecule has 0 amide bonds. The van der Waals surface area contributed by atoms with Gasteiger partial charge in [-0.1, -0.05) is 6.07 Å². The van der Waals surface area contributed by atoms with Crippen molar-refractivity contribution in [2.75, 3.05) is 13.2 Å². The third-order valence-corrected chi connectivity index (χ3v) is 2.22. The molecule has 0 aromatic heterocycles. The van der Waals surface area contributed by atoms with Crippen molar-refractivity contribution in [2.24, 2.45) is 0 Å².